The predicted octanol–water partition coefficient (Wildman–Crippen LogP) is 22.7. The number of guanidine groups is 1. The fraction of sp³-hybridized carbons (Fsp3) is 0.753. The normalized spacial score (nSPS) is 11.5. The van der Waals surface area contributed by atoms with Crippen LogP contribution in [0.4, 0.5) is 0 Å². The molecule has 4 aromatic carbocycles. The lowest BCUT2D eigenvalue weighted by atomic mass is 9.93. The van der Waals surface area contributed by atoms with Crippen molar-refractivity contribution in [3.05, 3.63) is 36.4 Å². The SMILES string of the molecule is CCCCCCCCCCOc1cc2c3cc(OCCCCCCCCCC)c(OCCCCCCCCCC)cc3c3cc(OCCCCNC(N(C)C)=[N+](C)C)c(OCCCCCCCCCC)cc3c2cc1OCCCCCCCCCC. The van der Waals surface area contributed by atoms with E-state index in [2.05, 4.69) is 114 Å². The molecule has 0 fully saturated rings. The minimum absolute atomic E-state index is 0.589. The molecule has 0 bridgehead atoms. The molecule has 0 atom stereocenters. The molecule has 0 spiro atoms. The van der Waals surface area contributed by atoms with Crippen molar-refractivity contribution in [3.63, 3.8) is 0 Å². The molecule has 0 saturated carbocycles. The van der Waals surface area contributed by atoms with Gasteiger partial charge >= 0.3 is 5.96 Å². The number of nitrogens with one attached hydrogen (secondary N) is 1. The summed E-state index contributed by atoms with van der Waals surface area (Å²) >= 11 is 0. The zero-order valence-electron chi connectivity index (χ0n) is 57.5. The Balaban J connectivity index is 1.85. The Labute approximate surface area is 528 Å². The molecule has 0 aromatic heterocycles. The largest absolute Gasteiger partial charge is 0.490 e. The molecule has 1 N–H and O–H groups in total. The van der Waals surface area contributed by atoms with E-state index < -0.39 is 0 Å². The highest BCUT2D eigenvalue weighted by Gasteiger charge is 2.21. The van der Waals surface area contributed by atoms with E-state index >= 15 is 0 Å². The summed E-state index contributed by atoms with van der Waals surface area (Å²) in [6.45, 7) is 16.3. The fourth-order valence-electron chi connectivity index (χ4n) is 12.1. The summed E-state index contributed by atoms with van der Waals surface area (Å²) in [6, 6.07) is 13.7. The van der Waals surface area contributed by atoms with Gasteiger partial charge in [0.2, 0.25) is 0 Å². The number of nitrogens with zero attached hydrogens (tertiary/aromatic N) is 2. The number of fused-ring (bicyclic) bond motifs is 6. The van der Waals surface area contributed by atoms with Gasteiger partial charge in [0.05, 0.1) is 74.4 Å². The fourth-order valence-corrected chi connectivity index (χ4v) is 12.1. The van der Waals surface area contributed by atoms with Crippen LogP contribution in [-0.2, 0) is 0 Å². The molecule has 0 heterocycles. The van der Waals surface area contributed by atoms with Gasteiger partial charge in [-0.25, -0.2) is 0 Å². The van der Waals surface area contributed by atoms with E-state index in [4.69, 9.17) is 28.4 Å². The van der Waals surface area contributed by atoms with Crippen LogP contribution < -0.4 is 33.7 Å². The second kappa shape index (κ2) is 48.6. The van der Waals surface area contributed by atoms with Crippen LogP contribution in [-0.4, -0.2) is 89.8 Å². The molecule has 0 aliphatic rings. The van der Waals surface area contributed by atoms with Crippen LogP contribution in [0.1, 0.15) is 304 Å². The molecule has 0 saturated heterocycles. The quantitative estimate of drug-likeness (QED) is 0.0154. The zero-order chi connectivity index (χ0) is 61.5. The molecule has 0 radical (unpaired) electrons. The highest BCUT2D eigenvalue weighted by molar-refractivity contribution is 6.26. The second-order valence-electron chi connectivity index (χ2n) is 25.7. The summed E-state index contributed by atoms with van der Waals surface area (Å²) in [5.41, 5.74) is 0. The van der Waals surface area contributed by atoms with Gasteiger partial charge in [-0.3, -0.25) is 14.8 Å². The standard InChI is InChI=1S/C77H131N3O6/c1-10-15-20-25-30-35-40-46-53-81-71-59-65-66-60-72(82-54-47-41-36-31-26-21-16-11-2)74(84-56-49-43-38-33-28-23-18-13-4)62-68(66)70-64-76(86-58-51-45-52-78-77(79(6)7)80(8)9)75(85-57-50-44-39-34-29-24-19-14-5)63-69(70)67(65)61-73(71)83-55-48-42-37-32-27-22-17-12-3/h59-64H,10-58H2,1-9H3/p+1. The third kappa shape index (κ3) is 30.3. The summed E-state index contributed by atoms with van der Waals surface area (Å²) in [5, 5.41) is 10.4. The highest BCUT2D eigenvalue weighted by Crippen LogP contribution is 2.47. The van der Waals surface area contributed by atoms with Crippen LogP contribution in [0.5, 0.6) is 34.5 Å². The molecule has 0 unspecified atom stereocenters. The van der Waals surface area contributed by atoms with Crippen molar-refractivity contribution < 1.29 is 33.0 Å². The van der Waals surface area contributed by atoms with Gasteiger partial charge in [0.25, 0.3) is 0 Å². The van der Waals surface area contributed by atoms with Crippen LogP contribution in [0.25, 0.3) is 32.3 Å². The Morgan fingerprint density at radius 2 is 0.453 bits per heavy atom. The van der Waals surface area contributed by atoms with E-state index in [0.29, 0.717) is 39.6 Å². The number of rotatable bonds is 56. The van der Waals surface area contributed by atoms with Crippen molar-refractivity contribution in [2.75, 3.05) is 74.4 Å². The second-order valence-corrected chi connectivity index (χ2v) is 25.7. The van der Waals surface area contributed by atoms with Crippen LogP contribution in [0.2, 0.25) is 0 Å². The minimum atomic E-state index is 0.589. The Morgan fingerprint density at radius 3 is 0.628 bits per heavy atom. The van der Waals surface area contributed by atoms with Crippen molar-refractivity contribution in [1.29, 1.82) is 0 Å². The molecule has 9 nitrogen and oxygen atoms in total. The van der Waals surface area contributed by atoms with Gasteiger partial charge in [-0.1, -0.05) is 259 Å². The molecule has 0 aliphatic heterocycles. The van der Waals surface area contributed by atoms with Crippen molar-refractivity contribution in [3.8, 4) is 34.5 Å². The first-order valence-corrected chi connectivity index (χ1v) is 36.5. The van der Waals surface area contributed by atoms with Crippen molar-refractivity contribution >= 4 is 38.3 Å². The molecule has 86 heavy (non-hydrogen) atoms. The summed E-state index contributed by atoms with van der Waals surface area (Å²) in [6.07, 6.45) is 52.2. The van der Waals surface area contributed by atoms with Crippen molar-refractivity contribution in [1.82, 2.24) is 10.2 Å². The third-order valence-corrected chi connectivity index (χ3v) is 17.4. The molecule has 4 rings (SSSR count). The minimum Gasteiger partial charge on any atom is -0.490 e. The topological polar surface area (TPSA) is 73.7 Å². The lowest BCUT2D eigenvalue weighted by molar-refractivity contribution is -0.472. The first-order chi connectivity index (χ1) is 42.3. The van der Waals surface area contributed by atoms with E-state index in [1.807, 2.05) is 0 Å². The molecule has 0 amide bonds. The van der Waals surface area contributed by atoms with E-state index in [-0.39, 0.29) is 0 Å². The van der Waals surface area contributed by atoms with Crippen LogP contribution in [0.3, 0.4) is 0 Å². The van der Waals surface area contributed by atoms with E-state index in [1.54, 1.807) is 0 Å². The van der Waals surface area contributed by atoms with Gasteiger partial charge in [0, 0.05) is 0 Å². The monoisotopic (exact) mass is 1200 g/mol. The number of benzene rings is 4. The average molecular weight is 1200 g/mol. The maximum Gasteiger partial charge on any atom is 0.347 e. The van der Waals surface area contributed by atoms with E-state index in [0.717, 1.165) is 124 Å². The number of hydrogen-bond donors (Lipinski definition) is 1. The Morgan fingerprint density at radius 1 is 0.279 bits per heavy atom. The van der Waals surface area contributed by atoms with Gasteiger partial charge in [-0.2, -0.15) is 0 Å². The van der Waals surface area contributed by atoms with Crippen molar-refractivity contribution in [2.24, 2.45) is 0 Å². The van der Waals surface area contributed by atoms with Gasteiger partial charge in [-0.15, -0.1) is 0 Å². The van der Waals surface area contributed by atoms with E-state index in [9.17, 15) is 0 Å². The Kier molecular flexibility index (Phi) is 42.0. The summed E-state index contributed by atoms with van der Waals surface area (Å²) in [7, 11) is 8.34. The molecule has 0 aliphatic carbocycles. The van der Waals surface area contributed by atoms with Gasteiger partial charge in [-0.05, 0) is 114 Å². The maximum absolute atomic E-state index is 6.91. The Hall–Kier alpha value is -4.27. The number of ether oxygens (including phenoxy) is 6. The molecular formula is C77H132N3O6+. The van der Waals surface area contributed by atoms with Crippen LogP contribution in [0.15, 0.2) is 36.4 Å². The van der Waals surface area contributed by atoms with Gasteiger partial charge in [0.1, 0.15) is 0 Å². The first-order valence-electron chi connectivity index (χ1n) is 36.5. The lowest BCUT2D eigenvalue weighted by Crippen LogP contribution is -2.42. The third-order valence-electron chi connectivity index (χ3n) is 17.4. The van der Waals surface area contributed by atoms with Gasteiger partial charge in [0.15, 0.2) is 34.5 Å². The van der Waals surface area contributed by atoms with Crippen molar-refractivity contribution in [2.45, 2.75) is 304 Å². The van der Waals surface area contributed by atoms with Crippen LogP contribution >= 0.6 is 0 Å². The number of unbranched alkanes of at least 4 members (excludes halogenated alkanes) is 36. The average Bonchev–Trinajstić information content (AvgIpc) is 0.788. The summed E-state index contributed by atoms with van der Waals surface area (Å²) in [5.74, 6) is 6.03. The summed E-state index contributed by atoms with van der Waals surface area (Å²) in [4.78, 5) is 2.13. The zero-order valence-corrected chi connectivity index (χ0v) is 57.5. The van der Waals surface area contributed by atoms with Gasteiger partial charge < -0.3 is 28.4 Å². The maximum atomic E-state index is 6.91. The smallest absolute Gasteiger partial charge is 0.347 e. The Bertz CT molecular complexity index is 2300. The molecule has 4 aromatic rings. The molecule has 9 heteroatoms. The highest BCUT2D eigenvalue weighted by atomic mass is 16.5. The van der Waals surface area contributed by atoms with Crippen LogP contribution in [0, 0.1) is 0 Å². The molecular weight excluding hydrogens is 1060 g/mol. The summed E-state index contributed by atoms with van der Waals surface area (Å²) < 4.78 is 43.6. The number of hydrogen-bond acceptors (Lipinski definition) is 6. The predicted molar refractivity (Wildman–Crippen MR) is 373 cm³/mol. The van der Waals surface area contributed by atoms with E-state index in [1.165, 1.54) is 225 Å². The molecule has 490 valence electrons. The lowest BCUT2D eigenvalue weighted by Gasteiger charge is -2.21. The first kappa shape index (κ1) is 74.2.